The molecule has 38 heavy (non-hydrogen) atoms. The third-order valence-corrected chi connectivity index (χ3v) is 11.5. The molecule has 208 valence electrons. The summed E-state index contributed by atoms with van der Waals surface area (Å²) < 4.78 is 34.2. The minimum Gasteiger partial charge on any atom is -0.378 e. The van der Waals surface area contributed by atoms with Crippen molar-refractivity contribution >= 4 is 16.8 Å². The van der Waals surface area contributed by atoms with Crippen molar-refractivity contribution in [2.24, 2.45) is 46.3 Å². The van der Waals surface area contributed by atoms with Crippen molar-refractivity contribution in [3.63, 3.8) is 0 Å². The first kappa shape index (κ1) is 26.3. The molecule has 0 saturated heterocycles. The molecule has 4 aliphatic rings. The van der Waals surface area contributed by atoms with Crippen molar-refractivity contribution in [2.75, 3.05) is 6.61 Å². The molecule has 6 rings (SSSR count). The van der Waals surface area contributed by atoms with Gasteiger partial charge in [-0.3, -0.25) is 4.79 Å². The van der Waals surface area contributed by atoms with Crippen LogP contribution in [-0.4, -0.2) is 33.5 Å². The molecule has 0 aliphatic heterocycles. The molecule has 0 amide bonds. The van der Waals surface area contributed by atoms with Crippen molar-refractivity contribution in [3.05, 3.63) is 23.8 Å². The highest BCUT2D eigenvalue weighted by atomic mass is 19.2. The highest BCUT2D eigenvalue weighted by Gasteiger charge is 2.62. The van der Waals surface area contributed by atoms with Crippen LogP contribution in [0.2, 0.25) is 0 Å². The van der Waals surface area contributed by atoms with Gasteiger partial charge >= 0.3 is 0 Å². The summed E-state index contributed by atoms with van der Waals surface area (Å²) in [7, 11) is 0. The van der Waals surface area contributed by atoms with Crippen molar-refractivity contribution in [3.8, 4) is 0 Å². The Morgan fingerprint density at radius 2 is 1.89 bits per heavy atom. The lowest BCUT2D eigenvalue weighted by Gasteiger charge is -2.62. The number of carbonyl (C=O) groups excluding carboxylic acids is 1. The van der Waals surface area contributed by atoms with Crippen LogP contribution < -0.4 is 0 Å². The maximum atomic E-state index is 14.2. The van der Waals surface area contributed by atoms with E-state index in [0.717, 1.165) is 43.8 Å². The number of hydrogen-bond acceptors (Lipinski definition) is 4. The summed E-state index contributed by atoms with van der Waals surface area (Å²) in [6.45, 7) is 10.0. The second-order valence-corrected chi connectivity index (χ2v) is 13.7. The highest BCUT2D eigenvalue weighted by Crippen LogP contribution is 2.68. The fraction of sp³-hybridized carbons (Fsp3) is 0.774. The Hall–Kier alpha value is -1.89. The average Bonchev–Trinajstić information content (AvgIpc) is 3.45. The number of hydrogen-bond donors (Lipinski definition) is 0. The van der Waals surface area contributed by atoms with E-state index in [-0.39, 0.29) is 40.8 Å². The van der Waals surface area contributed by atoms with Crippen LogP contribution >= 0.6 is 0 Å². The maximum Gasteiger partial charge on any atom is 0.188 e. The molecule has 5 nitrogen and oxygen atoms in total. The van der Waals surface area contributed by atoms with E-state index >= 15 is 0 Å². The molecule has 1 heterocycles. The van der Waals surface area contributed by atoms with Gasteiger partial charge in [0, 0.05) is 5.92 Å². The van der Waals surface area contributed by atoms with Crippen LogP contribution in [0, 0.1) is 58.0 Å². The maximum absolute atomic E-state index is 14.2. The van der Waals surface area contributed by atoms with E-state index in [4.69, 9.17) is 4.74 Å². The Morgan fingerprint density at radius 3 is 2.68 bits per heavy atom. The number of aromatic nitrogens is 3. The summed E-state index contributed by atoms with van der Waals surface area (Å²) in [6.07, 6.45) is 11.0. The lowest BCUT2D eigenvalue weighted by molar-refractivity contribution is -0.163. The van der Waals surface area contributed by atoms with Gasteiger partial charge in [0.1, 0.15) is 12.1 Å². The monoisotopic (exact) mass is 527 g/mol. The second-order valence-electron chi connectivity index (χ2n) is 13.7. The molecule has 0 radical (unpaired) electrons. The first-order valence-corrected chi connectivity index (χ1v) is 15.0. The van der Waals surface area contributed by atoms with E-state index in [1.165, 1.54) is 49.4 Å². The summed E-state index contributed by atoms with van der Waals surface area (Å²) >= 11 is 0. The SMILES string of the molecule is CC1CCC2(COC(C)C)C(CCC3C4CCC(C(=O)Cn5nc6ccc(F)c(F)c6n5)C4(C)CCC32)C1. The van der Waals surface area contributed by atoms with Gasteiger partial charge in [0.25, 0.3) is 0 Å². The molecule has 2 aromatic rings. The van der Waals surface area contributed by atoms with Crippen molar-refractivity contribution < 1.29 is 18.3 Å². The molecule has 1 aromatic carbocycles. The summed E-state index contributed by atoms with van der Waals surface area (Å²) in [5.41, 5.74) is 0.444. The van der Waals surface area contributed by atoms with Crippen LogP contribution in [0.25, 0.3) is 11.0 Å². The molecule has 0 spiro atoms. The van der Waals surface area contributed by atoms with Crippen LogP contribution in [0.5, 0.6) is 0 Å². The highest BCUT2D eigenvalue weighted by molar-refractivity contribution is 5.82. The molecular formula is C31H43F2N3O2. The molecule has 1 aromatic heterocycles. The van der Waals surface area contributed by atoms with Gasteiger partial charge in [0.15, 0.2) is 22.9 Å². The zero-order valence-corrected chi connectivity index (χ0v) is 23.4. The van der Waals surface area contributed by atoms with E-state index in [1.54, 1.807) is 0 Å². The normalized spacial score (nSPS) is 38.7. The van der Waals surface area contributed by atoms with Gasteiger partial charge in [0.2, 0.25) is 0 Å². The number of ketones is 1. The lowest BCUT2D eigenvalue weighted by Crippen LogP contribution is -2.56. The first-order chi connectivity index (χ1) is 18.1. The minimum absolute atomic E-state index is 0.0168. The van der Waals surface area contributed by atoms with Crippen molar-refractivity contribution in [1.82, 2.24) is 15.0 Å². The van der Waals surface area contributed by atoms with Gasteiger partial charge < -0.3 is 4.74 Å². The number of benzene rings is 1. The Morgan fingerprint density at radius 1 is 1.08 bits per heavy atom. The van der Waals surface area contributed by atoms with Crippen molar-refractivity contribution in [1.29, 1.82) is 0 Å². The van der Waals surface area contributed by atoms with Gasteiger partial charge in [-0.2, -0.15) is 9.90 Å². The zero-order chi connectivity index (χ0) is 26.8. The van der Waals surface area contributed by atoms with E-state index in [9.17, 15) is 13.6 Å². The number of rotatable bonds is 6. The Balaban J connectivity index is 1.22. The third kappa shape index (κ3) is 4.13. The van der Waals surface area contributed by atoms with Crippen LogP contribution in [0.15, 0.2) is 12.1 Å². The number of ether oxygens (including phenoxy) is 1. The molecule has 4 saturated carbocycles. The first-order valence-electron chi connectivity index (χ1n) is 15.0. The second kappa shape index (κ2) is 9.64. The van der Waals surface area contributed by atoms with Gasteiger partial charge in [0.05, 0.1) is 12.7 Å². The topological polar surface area (TPSA) is 57.0 Å². The van der Waals surface area contributed by atoms with Gasteiger partial charge in [-0.1, -0.05) is 20.3 Å². The average molecular weight is 528 g/mol. The van der Waals surface area contributed by atoms with E-state index in [2.05, 4.69) is 37.9 Å². The minimum atomic E-state index is -1.00. The fourth-order valence-electron chi connectivity index (χ4n) is 9.68. The zero-order valence-electron chi connectivity index (χ0n) is 23.4. The fourth-order valence-corrected chi connectivity index (χ4v) is 9.68. The quantitative estimate of drug-likeness (QED) is 0.407. The number of halogens is 2. The molecule has 7 heteroatoms. The Bertz CT molecular complexity index is 1210. The molecule has 0 bridgehead atoms. The van der Waals surface area contributed by atoms with E-state index < -0.39 is 11.6 Å². The molecule has 0 N–H and O–H groups in total. The largest absolute Gasteiger partial charge is 0.378 e. The standard InChI is InChI=1S/C31H43F2N3O2/c1-18(2)38-17-31-14-11-19(3)15-20(31)5-6-21-22-7-8-24(30(22,4)13-12-23(21)31)27(37)16-36-34-26-10-9-25(32)28(33)29(26)35-36/h9-10,18-24H,5-8,11-17H2,1-4H3. The smallest absolute Gasteiger partial charge is 0.188 e. The third-order valence-electron chi connectivity index (χ3n) is 11.5. The summed E-state index contributed by atoms with van der Waals surface area (Å²) in [5.74, 6) is 1.63. The van der Waals surface area contributed by atoms with Crippen LogP contribution in [0.1, 0.15) is 85.5 Å². The van der Waals surface area contributed by atoms with Crippen molar-refractivity contribution in [2.45, 2.75) is 98.1 Å². The van der Waals surface area contributed by atoms with Gasteiger partial charge in [-0.25, -0.2) is 8.78 Å². The molecule has 4 fully saturated rings. The molecular weight excluding hydrogens is 484 g/mol. The number of fused-ring (bicyclic) bond motifs is 6. The predicted octanol–water partition coefficient (Wildman–Crippen LogP) is 6.98. The van der Waals surface area contributed by atoms with Crippen LogP contribution in [0.3, 0.4) is 0 Å². The Kier molecular flexibility index (Phi) is 6.68. The predicted molar refractivity (Wildman–Crippen MR) is 142 cm³/mol. The Labute approximate surface area is 225 Å². The van der Waals surface area contributed by atoms with Gasteiger partial charge in [-0.15, -0.1) is 5.10 Å². The van der Waals surface area contributed by atoms with Crippen LogP contribution in [-0.2, 0) is 16.1 Å². The van der Waals surface area contributed by atoms with E-state index in [0.29, 0.717) is 23.2 Å². The van der Waals surface area contributed by atoms with Gasteiger partial charge in [-0.05, 0) is 118 Å². The number of nitrogens with zero attached hydrogens (tertiary/aromatic N) is 3. The molecule has 8 unspecified atom stereocenters. The molecule has 8 atom stereocenters. The summed E-state index contributed by atoms with van der Waals surface area (Å²) in [4.78, 5) is 14.9. The summed E-state index contributed by atoms with van der Waals surface area (Å²) in [5, 5.41) is 8.41. The number of Topliss-reactive ketones (excluding diaryl/α,β-unsaturated/α-hetero) is 1. The number of carbonyl (C=O) groups is 1. The van der Waals surface area contributed by atoms with E-state index in [1.807, 2.05) is 0 Å². The van der Waals surface area contributed by atoms with Crippen LogP contribution in [0.4, 0.5) is 8.78 Å². The lowest BCUT2D eigenvalue weighted by atomic mass is 9.44. The molecule has 4 aliphatic carbocycles. The summed E-state index contributed by atoms with van der Waals surface area (Å²) in [6, 6.07) is 2.47.